The Morgan fingerprint density at radius 1 is 1.48 bits per heavy atom. The summed E-state index contributed by atoms with van der Waals surface area (Å²) in [6.45, 7) is 9.06. The number of benzene rings is 1. The molecule has 2 rings (SSSR count). The molecule has 1 saturated heterocycles. The van der Waals surface area contributed by atoms with Crippen LogP contribution in [-0.4, -0.2) is 57.4 Å². The normalized spacial score (nSPS) is 17.6. The molecule has 1 aliphatic heterocycles. The van der Waals surface area contributed by atoms with E-state index in [1.165, 1.54) is 0 Å². The van der Waals surface area contributed by atoms with Crippen molar-refractivity contribution in [3.63, 3.8) is 0 Å². The Labute approximate surface area is 156 Å². The van der Waals surface area contributed by atoms with Gasteiger partial charge in [0.15, 0.2) is 5.96 Å². The molecule has 0 bridgehead atoms. The standard InChI is InChI=1S/C19H30ClN3O2/c1-4-21-19(23(3)13-16-8-11-24-14-16)22-9-5-10-25-18-7-6-17(20)12-15(18)2/h6-7,12,16H,4-5,8-11,13-14H2,1-3H3,(H,21,22). The van der Waals surface area contributed by atoms with E-state index in [-0.39, 0.29) is 0 Å². The number of nitrogens with zero attached hydrogens (tertiary/aromatic N) is 2. The number of hydrogen-bond acceptors (Lipinski definition) is 3. The van der Waals surface area contributed by atoms with Crippen LogP contribution in [0.5, 0.6) is 5.75 Å². The Hall–Kier alpha value is -1.46. The molecule has 6 heteroatoms. The monoisotopic (exact) mass is 367 g/mol. The maximum atomic E-state index is 5.96. The summed E-state index contributed by atoms with van der Waals surface area (Å²) in [4.78, 5) is 6.91. The van der Waals surface area contributed by atoms with E-state index in [1.807, 2.05) is 25.1 Å². The van der Waals surface area contributed by atoms with Crippen LogP contribution in [-0.2, 0) is 4.74 Å². The first kappa shape index (κ1) is 19.9. The van der Waals surface area contributed by atoms with Crippen molar-refractivity contribution in [2.45, 2.75) is 26.7 Å². The summed E-state index contributed by atoms with van der Waals surface area (Å²) < 4.78 is 11.3. The number of guanidine groups is 1. The van der Waals surface area contributed by atoms with Gasteiger partial charge in [0.25, 0.3) is 0 Å². The Balaban J connectivity index is 1.76. The second-order valence-corrected chi connectivity index (χ2v) is 6.89. The molecule has 1 atom stereocenters. The average molecular weight is 368 g/mol. The van der Waals surface area contributed by atoms with Gasteiger partial charge in [-0.15, -0.1) is 0 Å². The van der Waals surface area contributed by atoms with E-state index in [9.17, 15) is 0 Å². The number of nitrogens with one attached hydrogen (secondary N) is 1. The SMILES string of the molecule is CCNC(=NCCCOc1ccc(Cl)cc1C)N(C)CC1CCOC1. The molecule has 0 radical (unpaired) electrons. The molecule has 140 valence electrons. The zero-order chi connectivity index (χ0) is 18.1. The van der Waals surface area contributed by atoms with Crippen molar-refractivity contribution >= 4 is 17.6 Å². The first-order valence-corrected chi connectivity index (χ1v) is 9.44. The Morgan fingerprint density at radius 2 is 2.32 bits per heavy atom. The van der Waals surface area contributed by atoms with Gasteiger partial charge in [-0.2, -0.15) is 0 Å². The lowest BCUT2D eigenvalue weighted by molar-refractivity contribution is 0.181. The molecular formula is C19H30ClN3O2. The van der Waals surface area contributed by atoms with E-state index in [2.05, 4.69) is 24.2 Å². The van der Waals surface area contributed by atoms with Crippen molar-refractivity contribution in [2.24, 2.45) is 10.9 Å². The third kappa shape index (κ3) is 6.75. The van der Waals surface area contributed by atoms with E-state index in [4.69, 9.17) is 26.1 Å². The third-order valence-electron chi connectivity index (χ3n) is 4.21. The van der Waals surface area contributed by atoms with Gasteiger partial charge >= 0.3 is 0 Å². The van der Waals surface area contributed by atoms with Gasteiger partial charge in [-0.05, 0) is 44.0 Å². The fourth-order valence-corrected chi connectivity index (χ4v) is 3.10. The van der Waals surface area contributed by atoms with Crippen LogP contribution < -0.4 is 10.1 Å². The summed E-state index contributed by atoms with van der Waals surface area (Å²) in [5.41, 5.74) is 1.06. The molecule has 1 heterocycles. The van der Waals surface area contributed by atoms with E-state index >= 15 is 0 Å². The van der Waals surface area contributed by atoms with Crippen molar-refractivity contribution < 1.29 is 9.47 Å². The van der Waals surface area contributed by atoms with Gasteiger partial charge in [0, 0.05) is 50.7 Å². The van der Waals surface area contributed by atoms with E-state index in [0.717, 1.165) is 68.0 Å². The first-order chi connectivity index (χ1) is 12.1. The smallest absolute Gasteiger partial charge is 0.193 e. The van der Waals surface area contributed by atoms with Crippen molar-refractivity contribution in [1.82, 2.24) is 10.2 Å². The third-order valence-corrected chi connectivity index (χ3v) is 4.45. The Bertz CT molecular complexity index is 560. The largest absolute Gasteiger partial charge is 0.493 e. The number of aryl methyl sites for hydroxylation is 1. The molecule has 5 nitrogen and oxygen atoms in total. The Kier molecular flexibility index (Phi) is 8.35. The second kappa shape index (κ2) is 10.5. The molecule has 1 N–H and O–H groups in total. The van der Waals surface area contributed by atoms with Crippen molar-refractivity contribution in [3.8, 4) is 5.75 Å². The summed E-state index contributed by atoms with van der Waals surface area (Å²) in [7, 11) is 2.09. The number of rotatable bonds is 8. The molecule has 0 saturated carbocycles. The van der Waals surface area contributed by atoms with Gasteiger partial charge in [0.05, 0.1) is 13.2 Å². The average Bonchev–Trinajstić information content (AvgIpc) is 3.08. The zero-order valence-electron chi connectivity index (χ0n) is 15.6. The molecular weight excluding hydrogens is 338 g/mol. The van der Waals surface area contributed by atoms with Gasteiger partial charge in [-0.3, -0.25) is 4.99 Å². The minimum atomic E-state index is 0.602. The molecule has 1 unspecified atom stereocenters. The fourth-order valence-electron chi connectivity index (χ4n) is 2.88. The van der Waals surface area contributed by atoms with E-state index in [0.29, 0.717) is 12.5 Å². The Morgan fingerprint density at radius 3 is 3.00 bits per heavy atom. The number of aliphatic imine (C=N–C) groups is 1. The van der Waals surface area contributed by atoms with Crippen molar-refractivity contribution in [2.75, 3.05) is 46.5 Å². The molecule has 0 spiro atoms. The molecule has 1 aliphatic rings. The minimum Gasteiger partial charge on any atom is -0.493 e. The molecule has 1 aromatic carbocycles. The highest BCUT2D eigenvalue weighted by Crippen LogP contribution is 2.21. The molecule has 0 aromatic heterocycles. The summed E-state index contributed by atoms with van der Waals surface area (Å²) in [6, 6.07) is 5.69. The van der Waals surface area contributed by atoms with Crippen LogP contribution in [0.3, 0.4) is 0 Å². The number of halogens is 1. The second-order valence-electron chi connectivity index (χ2n) is 6.46. The van der Waals surface area contributed by atoms with Crippen LogP contribution in [0.1, 0.15) is 25.3 Å². The van der Waals surface area contributed by atoms with Gasteiger partial charge in [-0.1, -0.05) is 11.6 Å². The summed E-state index contributed by atoms with van der Waals surface area (Å²) in [5, 5.41) is 4.10. The zero-order valence-corrected chi connectivity index (χ0v) is 16.3. The summed E-state index contributed by atoms with van der Waals surface area (Å²) >= 11 is 5.96. The maximum Gasteiger partial charge on any atom is 0.193 e. The van der Waals surface area contributed by atoms with Gasteiger partial charge < -0.3 is 19.7 Å². The van der Waals surface area contributed by atoms with Gasteiger partial charge in [0.2, 0.25) is 0 Å². The number of ether oxygens (including phenoxy) is 2. The lowest BCUT2D eigenvalue weighted by Gasteiger charge is -2.24. The van der Waals surface area contributed by atoms with Crippen molar-refractivity contribution in [1.29, 1.82) is 0 Å². The summed E-state index contributed by atoms with van der Waals surface area (Å²) in [5.74, 6) is 2.45. The maximum absolute atomic E-state index is 5.96. The molecule has 0 aliphatic carbocycles. The lowest BCUT2D eigenvalue weighted by atomic mass is 10.1. The van der Waals surface area contributed by atoms with Crippen LogP contribution in [0.15, 0.2) is 23.2 Å². The van der Waals surface area contributed by atoms with Crippen LogP contribution in [0.2, 0.25) is 5.02 Å². The predicted octanol–water partition coefficient (Wildman–Crippen LogP) is 3.35. The van der Waals surface area contributed by atoms with E-state index < -0.39 is 0 Å². The highest BCUT2D eigenvalue weighted by atomic mass is 35.5. The van der Waals surface area contributed by atoms with Crippen LogP contribution in [0, 0.1) is 12.8 Å². The van der Waals surface area contributed by atoms with E-state index in [1.54, 1.807) is 0 Å². The quantitative estimate of drug-likeness (QED) is 0.435. The minimum absolute atomic E-state index is 0.602. The highest BCUT2D eigenvalue weighted by Gasteiger charge is 2.18. The molecule has 0 amide bonds. The molecule has 25 heavy (non-hydrogen) atoms. The fraction of sp³-hybridized carbons (Fsp3) is 0.632. The number of hydrogen-bond donors (Lipinski definition) is 1. The predicted molar refractivity (Wildman–Crippen MR) is 104 cm³/mol. The first-order valence-electron chi connectivity index (χ1n) is 9.06. The van der Waals surface area contributed by atoms with Crippen molar-refractivity contribution in [3.05, 3.63) is 28.8 Å². The molecule has 1 aromatic rings. The summed E-state index contributed by atoms with van der Waals surface area (Å²) in [6.07, 6.45) is 2.01. The lowest BCUT2D eigenvalue weighted by Crippen LogP contribution is -2.41. The van der Waals surface area contributed by atoms with Crippen LogP contribution >= 0.6 is 11.6 Å². The molecule has 1 fully saturated rings. The van der Waals surface area contributed by atoms with Gasteiger partial charge in [0.1, 0.15) is 5.75 Å². The highest BCUT2D eigenvalue weighted by molar-refractivity contribution is 6.30. The van der Waals surface area contributed by atoms with Crippen LogP contribution in [0.25, 0.3) is 0 Å². The van der Waals surface area contributed by atoms with Crippen LogP contribution in [0.4, 0.5) is 0 Å². The van der Waals surface area contributed by atoms with Gasteiger partial charge in [-0.25, -0.2) is 0 Å². The topological polar surface area (TPSA) is 46.1 Å².